The number of hydrogen-bond acceptors (Lipinski definition) is 7. The van der Waals surface area contributed by atoms with Gasteiger partial charge < -0.3 is 20.5 Å². The van der Waals surface area contributed by atoms with E-state index in [0.717, 1.165) is 5.69 Å². The van der Waals surface area contributed by atoms with Crippen molar-refractivity contribution >= 4 is 23.2 Å². The molecule has 0 spiro atoms. The lowest BCUT2D eigenvalue weighted by molar-refractivity contribution is 0.0953. The van der Waals surface area contributed by atoms with E-state index in [2.05, 4.69) is 31.1 Å². The number of anilines is 3. The minimum absolute atomic E-state index is 0.117. The molecule has 0 aliphatic heterocycles. The van der Waals surface area contributed by atoms with E-state index in [-0.39, 0.29) is 11.1 Å². The zero-order chi connectivity index (χ0) is 19.1. The molecule has 9 nitrogen and oxygen atoms in total. The highest BCUT2D eigenvalue weighted by Crippen LogP contribution is 2.13. The van der Waals surface area contributed by atoms with Gasteiger partial charge in [-0.2, -0.15) is 0 Å². The highest BCUT2D eigenvalue weighted by Gasteiger charge is 2.10. The van der Waals surface area contributed by atoms with E-state index in [0.29, 0.717) is 24.7 Å². The number of rotatable bonds is 7. The van der Waals surface area contributed by atoms with Crippen molar-refractivity contribution in [3.8, 4) is 0 Å². The van der Waals surface area contributed by atoms with Crippen LogP contribution >= 0.6 is 0 Å². The van der Waals surface area contributed by atoms with Crippen molar-refractivity contribution in [2.45, 2.75) is 0 Å². The van der Waals surface area contributed by atoms with Crippen molar-refractivity contribution in [1.29, 1.82) is 0 Å². The molecular formula is C18H19N7O2. The molecule has 0 saturated carbocycles. The van der Waals surface area contributed by atoms with E-state index in [1.807, 2.05) is 12.1 Å². The highest BCUT2D eigenvalue weighted by molar-refractivity contribution is 5.93. The topological polar surface area (TPSA) is 114 Å². The number of nitrogens with one attached hydrogen (secondary N) is 3. The summed E-state index contributed by atoms with van der Waals surface area (Å²) in [4.78, 5) is 27.9. The fourth-order valence-corrected chi connectivity index (χ4v) is 2.31. The Morgan fingerprint density at radius 3 is 2.52 bits per heavy atom. The Balaban J connectivity index is 1.46. The van der Waals surface area contributed by atoms with E-state index in [4.69, 9.17) is 0 Å². The molecule has 0 bridgehead atoms. The Morgan fingerprint density at radius 2 is 1.78 bits per heavy atom. The average molecular weight is 365 g/mol. The molecule has 3 heterocycles. The van der Waals surface area contributed by atoms with Crippen LogP contribution in [0.2, 0.25) is 0 Å². The van der Waals surface area contributed by atoms with Crippen LogP contribution in [-0.4, -0.2) is 38.7 Å². The van der Waals surface area contributed by atoms with Crippen LogP contribution in [0.4, 0.5) is 17.3 Å². The summed E-state index contributed by atoms with van der Waals surface area (Å²) in [5.74, 6) is 0.793. The molecule has 3 N–H and O–H groups in total. The fourth-order valence-electron chi connectivity index (χ4n) is 2.31. The molecule has 0 aromatic carbocycles. The highest BCUT2D eigenvalue weighted by atomic mass is 16.2. The molecule has 0 aliphatic rings. The quantitative estimate of drug-likeness (QED) is 0.538. The summed E-state index contributed by atoms with van der Waals surface area (Å²) in [7, 11) is 1.60. The summed E-state index contributed by atoms with van der Waals surface area (Å²) in [6.45, 7) is 0.792. The molecule has 3 aromatic heterocycles. The standard InChI is InChI=1S/C18H19N7O2/c1-25-12-2-3-14(18(25)27)17(26)21-11-10-20-15-4-5-16(24-23-15)22-13-6-8-19-9-7-13/h2-9,12H,10-11H2,1H3,(H,20,23)(H,21,26)(H,19,22,24). The van der Waals surface area contributed by atoms with E-state index >= 15 is 0 Å². The number of carbonyl (C=O) groups excluding carboxylic acids is 1. The molecule has 0 unspecified atom stereocenters. The van der Waals surface area contributed by atoms with Gasteiger partial charge in [-0.3, -0.25) is 14.6 Å². The van der Waals surface area contributed by atoms with Crippen molar-refractivity contribution in [2.75, 3.05) is 23.7 Å². The second-order valence-corrected chi connectivity index (χ2v) is 5.69. The lowest BCUT2D eigenvalue weighted by Gasteiger charge is -2.08. The van der Waals surface area contributed by atoms with Crippen molar-refractivity contribution < 1.29 is 4.79 Å². The first kappa shape index (κ1) is 18.1. The van der Waals surface area contributed by atoms with E-state index in [1.165, 1.54) is 10.6 Å². The summed E-state index contributed by atoms with van der Waals surface area (Å²) in [5, 5.41) is 17.0. The first-order valence-electron chi connectivity index (χ1n) is 8.32. The lowest BCUT2D eigenvalue weighted by atomic mass is 10.2. The number of amides is 1. The van der Waals surface area contributed by atoms with Gasteiger partial charge in [0.25, 0.3) is 11.5 Å². The molecule has 0 radical (unpaired) electrons. The van der Waals surface area contributed by atoms with Crippen molar-refractivity contribution in [3.05, 3.63) is 70.9 Å². The van der Waals surface area contributed by atoms with Crippen LogP contribution in [0.15, 0.2) is 59.8 Å². The van der Waals surface area contributed by atoms with Crippen molar-refractivity contribution in [2.24, 2.45) is 7.05 Å². The Bertz CT molecular complexity index is 955. The molecule has 138 valence electrons. The molecule has 1 amide bonds. The SMILES string of the molecule is Cn1cccc(C(=O)NCCNc2ccc(Nc3ccncc3)nn2)c1=O. The molecule has 0 aliphatic carbocycles. The average Bonchev–Trinajstić information content (AvgIpc) is 2.69. The van der Waals surface area contributed by atoms with Gasteiger partial charge in [-0.05, 0) is 36.4 Å². The van der Waals surface area contributed by atoms with Gasteiger partial charge in [0.05, 0.1) is 0 Å². The maximum absolute atomic E-state index is 12.1. The smallest absolute Gasteiger partial charge is 0.263 e. The van der Waals surface area contributed by atoms with Crippen LogP contribution in [-0.2, 0) is 7.05 Å². The van der Waals surface area contributed by atoms with E-state index in [9.17, 15) is 9.59 Å². The van der Waals surface area contributed by atoms with Gasteiger partial charge in [-0.25, -0.2) is 0 Å². The number of pyridine rings is 2. The number of carbonyl (C=O) groups is 1. The minimum atomic E-state index is -0.402. The minimum Gasteiger partial charge on any atom is -0.367 e. The van der Waals surface area contributed by atoms with Gasteiger partial charge in [0.1, 0.15) is 11.4 Å². The van der Waals surface area contributed by atoms with Gasteiger partial charge in [-0.1, -0.05) is 0 Å². The van der Waals surface area contributed by atoms with Gasteiger partial charge in [-0.15, -0.1) is 10.2 Å². The first-order chi connectivity index (χ1) is 13.1. The van der Waals surface area contributed by atoms with Crippen LogP contribution in [0.25, 0.3) is 0 Å². The Labute approximate surface area is 155 Å². The second kappa shape index (κ2) is 8.56. The van der Waals surface area contributed by atoms with Gasteiger partial charge >= 0.3 is 0 Å². The monoisotopic (exact) mass is 365 g/mol. The van der Waals surface area contributed by atoms with Gasteiger partial charge in [0.15, 0.2) is 5.82 Å². The van der Waals surface area contributed by atoms with Crippen LogP contribution in [0.5, 0.6) is 0 Å². The van der Waals surface area contributed by atoms with Crippen LogP contribution in [0, 0.1) is 0 Å². The first-order valence-corrected chi connectivity index (χ1v) is 8.32. The second-order valence-electron chi connectivity index (χ2n) is 5.69. The van der Waals surface area contributed by atoms with Crippen molar-refractivity contribution in [1.82, 2.24) is 25.1 Å². The predicted molar refractivity (Wildman–Crippen MR) is 102 cm³/mol. The molecule has 0 saturated heterocycles. The Hall–Kier alpha value is -3.75. The maximum atomic E-state index is 12.1. The molecular weight excluding hydrogens is 346 g/mol. The summed E-state index contributed by atoms with van der Waals surface area (Å²) in [5.41, 5.74) is 0.659. The third kappa shape index (κ3) is 4.88. The number of aromatic nitrogens is 4. The molecule has 27 heavy (non-hydrogen) atoms. The summed E-state index contributed by atoms with van der Waals surface area (Å²) < 4.78 is 1.37. The van der Waals surface area contributed by atoms with E-state index < -0.39 is 5.91 Å². The molecule has 0 fully saturated rings. The van der Waals surface area contributed by atoms with Crippen LogP contribution in [0.3, 0.4) is 0 Å². The maximum Gasteiger partial charge on any atom is 0.263 e. The molecule has 3 aromatic rings. The normalized spacial score (nSPS) is 10.3. The van der Waals surface area contributed by atoms with Crippen LogP contribution < -0.4 is 21.5 Å². The Kier molecular flexibility index (Phi) is 5.73. The van der Waals surface area contributed by atoms with Crippen molar-refractivity contribution in [3.63, 3.8) is 0 Å². The molecule has 3 rings (SSSR count). The predicted octanol–water partition coefficient (Wildman–Crippen LogP) is 1.16. The molecule has 9 heteroatoms. The zero-order valence-corrected chi connectivity index (χ0v) is 14.7. The summed E-state index contributed by atoms with van der Waals surface area (Å²) in [6.07, 6.45) is 4.98. The zero-order valence-electron chi connectivity index (χ0n) is 14.7. The summed E-state index contributed by atoms with van der Waals surface area (Å²) >= 11 is 0. The van der Waals surface area contributed by atoms with Gasteiger partial charge in [0.2, 0.25) is 0 Å². The van der Waals surface area contributed by atoms with Gasteiger partial charge in [0, 0.05) is 44.4 Å². The fraction of sp³-hybridized carbons (Fsp3) is 0.167. The Morgan fingerprint density at radius 1 is 1.04 bits per heavy atom. The number of hydrogen-bond donors (Lipinski definition) is 3. The van der Waals surface area contributed by atoms with E-state index in [1.54, 1.807) is 43.8 Å². The third-order valence-electron chi connectivity index (χ3n) is 3.70. The lowest BCUT2D eigenvalue weighted by Crippen LogP contribution is -2.34. The summed E-state index contributed by atoms with van der Waals surface area (Å²) in [6, 6.07) is 10.4. The third-order valence-corrected chi connectivity index (χ3v) is 3.70. The number of aryl methyl sites for hydroxylation is 1. The van der Waals surface area contributed by atoms with Crippen LogP contribution in [0.1, 0.15) is 10.4 Å². The number of nitrogens with zero attached hydrogens (tertiary/aromatic N) is 4. The molecule has 0 atom stereocenters. The largest absolute Gasteiger partial charge is 0.367 e.